The number of benzene rings is 2. The van der Waals surface area contributed by atoms with Crippen molar-refractivity contribution in [2.45, 2.75) is 4.21 Å². The predicted octanol–water partition coefficient (Wildman–Crippen LogP) is 6.31. The Bertz CT molecular complexity index is 1330. The van der Waals surface area contributed by atoms with Crippen molar-refractivity contribution in [1.29, 1.82) is 0 Å². The molecule has 0 bridgehead atoms. The summed E-state index contributed by atoms with van der Waals surface area (Å²) in [5.74, 6) is 0.306. The van der Waals surface area contributed by atoms with E-state index in [0.29, 0.717) is 30.6 Å². The van der Waals surface area contributed by atoms with Gasteiger partial charge in [-0.05, 0) is 58.4 Å². The monoisotopic (exact) mass is 528 g/mol. The van der Waals surface area contributed by atoms with Crippen molar-refractivity contribution in [3.05, 3.63) is 68.4 Å². The van der Waals surface area contributed by atoms with Crippen LogP contribution in [0.4, 0.5) is 17.3 Å². The zero-order valence-corrected chi connectivity index (χ0v) is 19.1. The number of aromatic nitrogens is 2. The molecular weight excluding hydrogens is 519 g/mol. The molecule has 0 unspecified atom stereocenters. The molecule has 0 fully saturated rings. The smallest absolute Gasteiger partial charge is 0.272 e. The molecule has 0 aliphatic rings. The third-order valence-corrected chi connectivity index (χ3v) is 7.99. The summed E-state index contributed by atoms with van der Waals surface area (Å²) in [6.07, 6.45) is 0. The molecule has 0 spiro atoms. The molecule has 4 rings (SSSR count). The van der Waals surface area contributed by atoms with Crippen LogP contribution in [-0.2, 0) is 10.0 Å². The maximum absolute atomic E-state index is 12.8. The number of para-hydroxylation sites is 2. The van der Waals surface area contributed by atoms with Crippen LogP contribution in [0.2, 0.25) is 10.0 Å². The number of hydrogen-bond donors (Lipinski definition) is 2. The van der Waals surface area contributed by atoms with Crippen LogP contribution in [0.25, 0.3) is 11.0 Å². The Morgan fingerprint density at radius 1 is 0.897 bits per heavy atom. The molecular formula is C18H11BrCl2N4O2S2. The zero-order valence-electron chi connectivity index (χ0n) is 14.4. The minimum absolute atomic E-state index is 0.0688. The van der Waals surface area contributed by atoms with Gasteiger partial charge in [0.1, 0.15) is 4.21 Å². The Hall–Kier alpha value is -1.91. The van der Waals surface area contributed by atoms with E-state index in [9.17, 15) is 8.42 Å². The molecule has 2 heterocycles. The molecule has 0 amide bonds. The van der Waals surface area contributed by atoms with Crippen LogP contribution in [0.5, 0.6) is 0 Å². The highest BCUT2D eigenvalue weighted by Gasteiger charge is 2.21. The molecule has 2 aromatic carbocycles. The zero-order chi connectivity index (χ0) is 20.6. The third-order valence-electron chi connectivity index (χ3n) is 3.80. The highest BCUT2D eigenvalue weighted by atomic mass is 79.9. The average Bonchev–Trinajstić information content (AvgIpc) is 3.12. The van der Waals surface area contributed by atoms with E-state index in [4.69, 9.17) is 23.2 Å². The van der Waals surface area contributed by atoms with Crippen LogP contribution < -0.4 is 10.0 Å². The Labute approximate surface area is 189 Å². The van der Waals surface area contributed by atoms with Gasteiger partial charge in [-0.1, -0.05) is 35.3 Å². The normalized spacial score (nSPS) is 11.6. The molecule has 0 saturated heterocycles. The lowest BCUT2D eigenvalue weighted by atomic mass is 10.3. The van der Waals surface area contributed by atoms with E-state index in [1.807, 2.05) is 6.07 Å². The lowest BCUT2D eigenvalue weighted by Gasteiger charge is -2.13. The lowest BCUT2D eigenvalue weighted by molar-refractivity contribution is 0.603. The van der Waals surface area contributed by atoms with Crippen molar-refractivity contribution >= 4 is 88.8 Å². The predicted molar refractivity (Wildman–Crippen MR) is 122 cm³/mol. The van der Waals surface area contributed by atoms with Gasteiger partial charge in [0.25, 0.3) is 10.0 Å². The van der Waals surface area contributed by atoms with E-state index in [1.165, 1.54) is 6.07 Å². The minimum Gasteiger partial charge on any atom is -0.337 e. The number of anilines is 3. The lowest BCUT2D eigenvalue weighted by Crippen LogP contribution is -2.15. The molecule has 11 heteroatoms. The summed E-state index contributed by atoms with van der Waals surface area (Å²) in [6.45, 7) is 0. The molecule has 0 atom stereocenters. The maximum Gasteiger partial charge on any atom is 0.272 e. The third kappa shape index (κ3) is 4.49. The number of rotatable bonds is 5. The van der Waals surface area contributed by atoms with Gasteiger partial charge in [0, 0.05) is 5.69 Å². The number of sulfonamides is 1. The van der Waals surface area contributed by atoms with Gasteiger partial charge in [-0.3, -0.25) is 4.72 Å². The summed E-state index contributed by atoms with van der Waals surface area (Å²) < 4.78 is 29.0. The first-order chi connectivity index (χ1) is 13.8. The standard InChI is InChI=1S/C18H11BrCl2N4O2S2/c19-15-7-8-16(28-15)29(26,27)25-18-17(22-10-5-6-11(20)12(21)9-10)23-13-3-1-2-4-14(13)24-18/h1-9H,(H,22,23)(H,24,25). The van der Waals surface area contributed by atoms with Crippen LogP contribution in [0.1, 0.15) is 0 Å². The minimum atomic E-state index is -3.84. The summed E-state index contributed by atoms with van der Waals surface area (Å²) >= 11 is 16.4. The first-order valence-electron chi connectivity index (χ1n) is 8.09. The first kappa shape index (κ1) is 20.4. The van der Waals surface area contributed by atoms with Gasteiger partial charge in [-0.25, -0.2) is 18.4 Å². The average molecular weight is 530 g/mol. The fourth-order valence-electron chi connectivity index (χ4n) is 2.49. The fraction of sp³-hybridized carbons (Fsp3) is 0. The summed E-state index contributed by atoms with van der Waals surface area (Å²) in [4.78, 5) is 8.97. The fourth-order valence-corrected chi connectivity index (χ4v) is 5.81. The van der Waals surface area contributed by atoms with Crippen molar-refractivity contribution < 1.29 is 8.42 Å². The SMILES string of the molecule is O=S(=O)(Nc1nc2ccccc2nc1Nc1ccc(Cl)c(Cl)c1)c1ccc(Br)s1. The molecule has 0 saturated carbocycles. The van der Waals surface area contributed by atoms with Gasteiger partial charge in [0.15, 0.2) is 11.6 Å². The van der Waals surface area contributed by atoms with Crippen molar-refractivity contribution in [1.82, 2.24) is 9.97 Å². The van der Waals surface area contributed by atoms with Gasteiger partial charge >= 0.3 is 0 Å². The number of hydrogen-bond acceptors (Lipinski definition) is 6. The van der Waals surface area contributed by atoms with Crippen molar-refractivity contribution in [3.8, 4) is 0 Å². The molecule has 6 nitrogen and oxygen atoms in total. The van der Waals surface area contributed by atoms with Crippen LogP contribution in [0, 0.1) is 0 Å². The highest BCUT2D eigenvalue weighted by Crippen LogP contribution is 2.32. The first-order valence-corrected chi connectivity index (χ1v) is 11.9. The molecule has 148 valence electrons. The van der Waals surface area contributed by atoms with E-state index in [-0.39, 0.29) is 15.8 Å². The van der Waals surface area contributed by atoms with Crippen LogP contribution >= 0.6 is 50.5 Å². The van der Waals surface area contributed by atoms with Crippen LogP contribution in [0.3, 0.4) is 0 Å². The number of halogens is 3. The largest absolute Gasteiger partial charge is 0.337 e. The maximum atomic E-state index is 12.8. The van der Waals surface area contributed by atoms with Crippen molar-refractivity contribution in [2.24, 2.45) is 0 Å². The highest BCUT2D eigenvalue weighted by molar-refractivity contribution is 9.11. The summed E-state index contributed by atoms with van der Waals surface area (Å²) in [7, 11) is -3.84. The van der Waals surface area contributed by atoms with Crippen LogP contribution in [-0.4, -0.2) is 18.4 Å². The van der Waals surface area contributed by atoms with Gasteiger partial charge in [0.2, 0.25) is 0 Å². The van der Waals surface area contributed by atoms with Crippen molar-refractivity contribution in [3.63, 3.8) is 0 Å². The summed E-state index contributed by atoms with van der Waals surface area (Å²) in [6, 6.07) is 15.3. The molecule has 29 heavy (non-hydrogen) atoms. The molecule has 2 aromatic heterocycles. The summed E-state index contributed by atoms with van der Waals surface area (Å²) in [5.41, 5.74) is 1.75. The van der Waals surface area contributed by atoms with Gasteiger partial charge in [-0.2, -0.15) is 0 Å². The van der Waals surface area contributed by atoms with Crippen molar-refractivity contribution in [2.75, 3.05) is 10.0 Å². The quantitative estimate of drug-likeness (QED) is 0.316. The molecule has 0 aliphatic carbocycles. The molecule has 4 aromatic rings. The number of nitrogens with zero attached hydrogens (tertiary/aromatic N) is 2. The Balaban J connectivity index is 1.78. The Morgan fingerprint density at radius 3 is 2.21 bits per heavy atom. The Morgan fingerprint density at radius 2 is 1.59 bits per heavy atom. The number of fused-ring (bicyclic) bond motifs is 1. The number of nitrogens with one attached hydrogen (secondary N) is 2. The van der Waals surface area contributed by atoms with E-state index in [2.05, 4.69) is 35.9 Å². The van der Waals surface area contributed by atoms with Gasteiger partial charge < -0.3 is 5.32 Å². The van der Waals surface area contributed by atoms with Crippen LogP contribution in [0.15, 0.2) is 62.6 Å². The molecule has 2 N–H and O–H groups in total. The Kier molecular flexibility index (Phi) is 5.67. The second-order valence-corrected chi connectivity index (χ2v) is 11.0. The van der Waals surface area contributed by atoms with Gasteiger partial charge in [-0.15, -0.1) is 11.3 Å². The van der Waals surface area contributed by atoms with E-state index < -0.39 is 10.0 Å². The van der Waals surface area contributed by atoms with Gasteiger partial charge in [0.05, 0.1) is 24.9 Å². The second kappa shape index (κ2) is 8.08. The molecule has 0 aliphatic heterocycles. The number of thiophene rings is 1. The van der Waals surface area contributed by atoms with E-state index >= 15 is 0 Å². The summed E-state index contributed by atoms with van der Waals surface area (Å²) in [5, 5.41) is 3.83. The van der Waals surface area contributed by atoms with E-state index in [1.54, 1.807) is 42.5 Å². The molecule has 0 radical (unpaired) electrons. The second-order valence-electron chi connectivity index (χ2n) is 5.83. The van der Waals surface area contributed by atoms with E-state index in [0.717, 1.165) is 11.3 Å². The topological polar surface area (TPSA) is 84.0 Å².